The summed E-state index contributed by atoms with van der Waals surface area (Å²) in [5.41, 5.74) is 1.91. The highest BCUT2D eigenvalue weighted by Crippen LogP contribution is 2.34. The summed E-state index contributed by atoms with van der Waals surface area (Å²) in [4.78, 5) is 28.3. The van der Waals surface area contributed by atoms with Crippen LogP contribution in [0, 0.1) is 12.7 Å². The van der Waals surface area contributed by atoms with E-state index in [1.807, 2.05) is 38.1 Å². The van der Waals surface area contributed by atoms with Crippen LogP contribution in [0.4, 0.5) is 10.1 Å². The molecule has 42 heavy (non-hydrogen) atoms. The molecule has 1 aliphatic heterocycles. The topological polar surface area (TPSA) is 105 Å². The average Bonchev–Trinajstić information content (AvgIpc) is 2.99. The lowest BCUT2D eigenvalue weighted by Crippen LogP contribution is -2.51. The zero-order chi connectivity index (χ0) is 30.3. The van der Waals surface area contributed by atoms with E-state index < -0.39 is 34.3 Å². The molecule has 3 aromatic rings. The molecule has 1 N–H and O–H groups in total. The van der Waals surface area contributed by atoms with Gasteiger partial charge in [0.2, 0.25) is 11.8 Å². The van der Waals surface area contributed by atoms with Crippen molar-refractivity contribution >= 4 is 27.5 Å². The summed E-state index contributed by atoms with van der Waals surface area (Å²) in [5, 5.41) is 2.86. The lowest BCUT2D eigenvalue weighted by atomic mass is 10.1. The highest BCUT2D eigenvalue weighted by molar-refractivity contribution is 7.92. The second-order valence-corrected chi connectivity index (χ2v) is 12.0. The number of ether oxygens (including phenoxy) is 2. The summed E-state index contributed by atoms with van der Waals surface area (Å²) >= 11 is 0. The molecule has 1 heterocycles. The number of fused-ring (bicyclic) bond motifs is 1. The molecular weight excluding hydrogens is 561 g/mol. The van der Waals surface area contributed by atoms with E-state index in [9.17, 15) is 22.4 Å². The average molecular weight is 598 g/mol. The maximum absolute atomic E-state index is 14.0. The van der Waals surface area contributed by atoms with Gasteiger partial charge in [-0.15, -0.1) is 0 Å². The van der Waals surface area contributed by atoms with Crippen molar-refractivity contribution in [3.8, 4) is 11.5 Å². The van der Waals surface area contributed by atoms with Crippen LogP contribution in [0.3, 0.4) is 0 Å². The molecule has 0 bridgehead atoms. The van der Waals surface area contributed by atoms with Crippen LogP contribution in [-0.2, 0) is 26.2 Å². The fourth-order valence-corrected chi connectivity index (χ4v) is 5.89. The van der Waals surface area contributed by atoms with Crippen LogP contribution in [0.5, 0.6) is 11.5 Å². The summed E-state index contributed by atoms with van der Waals surface area (Å²) in [6, 6.07) is 15.7. The van der Waals surface area contributed by atoms with Gasteiger partial charge in [0.25, 0.3) is 10.0 Å². The molecule has 4 rings (SSSR count). The summed E-state index contributed by atoms with van der Waals surface area (Å²) in [5.74, 6) is -0.811. The van der Waals surface area contributed by atoms with Crippen molar-refractivity contribution in [2.45, 2.75) is 51.1 Å². The second-order valence-electron chi connectivity index (χ2n) is 10.1. The Morgan fingerprint density at radius 2 is 1.64 bits per heavy atom. The van der Waals surface area contributed by atoms with E-state index in [1.54, 1.807) is 6.92 Å². The summed E-state index contributed by atoms with van der Waals surface area (Å²) in [6.07, 6.45) is 1.68. The molecule has 1 aliphatic rings. The van der Waals surface area contributed by atoms with Crippen LogP contribution in [-0.4, -0.2) is 57.5 Å². The van der Waals surface area contributed by atoms with Crippen molar-refractivity contribution in [1.82, 2.24) is 10.2 Å². The standard InChI is InChI=1S/C31H36FN3O6S/c1-4-5-16-33-31(37)23(3)34(20-24-8-6-22(2)7-9-24)30(36)21-35(26-12-10-25(32)11-13-26)42(38,39)27-14-15-28-29(19-27)41-18-17-40-28/h6-15,19,23H,4-5,16-18,20-21H2,1-3H3,(H,33,37)/t23-/m0/s1. The Balaban J connectivity index is 1.69. The third-order valence-electron chi connectivity index (χ3n) is 6.97. The lowest BCUT2D eigenvalue weighted by molar-refractivity contribution is -0.139. The first-order chi connectivity index (χ1) is 20.1. The maximum atomic E-state index is 14.0. The Kier molecular flexibility index (Phi) is 10.1. The lowest BCUT2D eigenvalue weighted by Gasteiger charge is -2.32. The van der Waals surface area contributed by atoms with Crippen molar-refractivity contribution in [3.05, 3.63) is 83.7 Å². The van der Waals surface area contributed by atoms with Crippen LogP contribution in [0.1, 0.15) is 37.8 Å². The zero-order valence-electron chi connectivity index (χ0n) is 24.0. The van der Waals surface area contributed by atoms with Gasteiger partial charge in [-0.25, -0.2) is 12.8 Å². The number of carbonyl (C=O) groups is 2. The van der Waals surface area contributed by atoms with Gasteiger partial charge in [0.1, 0.15) is 31.6 Å². The van der Waals surface area contributed by atoms with Crippen LogP contribution >= 0.6 is 0 Å². The monoisotopic (exact) mass is 597 g/mol. The minimum atomic E-state index is -4.34. The Morgan fingerprint density at radius 3 is 2.31 bits per heavy atom. The predicted molar refractivity (Wildman–Crippen MR) is 157 cm³/mol. The molecule has 224 valence electrons. The van der Waals surface area contributed by atoms with Crippen molar-refractivity contribution < 1.29 is 31.9 Å². The molecule has 0 aliphatic carbocycles. The minimum Gasteiger partial charge on any atom is -0.486 e. The number of sulfonamides is 1. The van der Waals surface area contributed by atoms with Gasteiger partial charge in [-0.2, -0.15) is 0 Å². The summed E-state index contributed by atoms with van der Waals surface area (Å²) in [6.45, 7) is 6.11. The van der Waals surface area contributed by atoms with Gasteiger partial charge in [-0.3, -0.25) is 13.9 Å². The first kappa shape index (κ1) is 30.8. The van der Waals surface area contributed by atoms with Crippen molar-refractivity contribution in [2.75, 3.05) is 30.6 Å². The largest absolute Gasteiger partial charge is 0.486 e. The van der Waals surface area contributed by atoms with Gasteiger partial charge in [0.15, 0.2) is 11.5 Å². The summed E-state index contributed by atoms with van der Waals surface area (Å²) in [7, 11) is -4.34. The van der Waals surface area contributed by atoms with Gasteiger partial charge < -0.3 is 19.7 Å². The highest BCUT2D eigenvalue weighted by Gasteiger charge is 2.33. The van der Waals surface area contributed by atoms with Gasteiger partial charge >= 0.3 is 0 Å². The Morgan fingerprint density at radius 1 is 0.976 bits per heavy atom. The smallest absolute Gasteiger partial charge is 0.264 e. The molecule has 0 spiro atoms. The number of amides is 2. The van der Waals surface area contributed by atoms with Crippen LogP contribution < -0.4 is 19.1 Å². The molecule has 0 fully saturated rings. The second kappa shape index (κ2) is 13.7. The number of benzene rings is 3. The summed E-state index contributed by atoms with van der Waals surface area (Å²) < 4.78 is 53.9. The van der Waals surface area contributed by atoms with E-state index in [-0.39, 0.29) is 35.4 Å². The number of anilines is 1. The third-order valence-corrected chi connectivity index (χ3v) is 8.74. The van der Waals surface area contributed by atoms with E-state index in [2.05, 4.69) is 5.32 Å². The molecule has 0 unspecified atom stereocenters. The molecule has 0 radical (unpaired) electrons. The first-order valence-electron chi connectivity index (χ1n) is 13.9. The highest BCUT2D eigenvalue weighted by atomic mass is 32.2. The third kappa shape index (κ3) is 7.39. The van der Waals surface area contributed by atoms with Gasteiger partial charge in [-0.05, 0) is 62.2 Å². The van der Waals surface area contributed by atoms with Gasteiger partial charge in [-0.1, -0.05) is 43.2 Å². The fourth-order valence-electron chi connectivity index (χ4n) is 4.46. The van der Waals surface area contributed by atoms with Crippen LogP contribution in [0.25, 0.3) is 0 Å². The number of unbranched alkanes of at least 4 members (excludes halogenated alkanes) is 1. The van der Waals surface area contributed by atoms with Crippen molar-refractivity contribution in [3.63, 3.8) is 0 Å². The van der Waals surface area contributed by atoms with E-state index in [1.165, 1.54) is 35.2 Å². The number of hydrogen-bond acceptors (Lipinski definition) is 6. The molecule has 0 aromatic heterocycles. The van der Waals surface area contributed by atoms with Gasteiger partial charge in [0, 0.05) is 19.2 Å². The number of nitrogens with zero attached hydrogens (tertiary/aromatic N) is 2. The molecule has 0 saturated carbocycles. The van der Waals surface area contributed by atoms with Gasteiger partial charge in [0.05, 0.1) is 10.6 Å². The molecule has 3 aromatic carbocycles. The predicted octanol–water partition coefficient (Wildman–Crippen LogP) is 4.43. The molecule has 11 heteroatoms. The van der Waals surface area contributed by atoms with E-state index in [4.69, 9.17) is 9.47 Å². The molecule has 1 atom stereocenters. The fraction of sp³-hybridized carbons (Fsp3) is 0.355. The zero-order valence-corrected chi connectivity index (χ0v) is 24.8. The van der Waals surface area contributed by atoms with Crippen molar-refractivity contribution in [2.24, 2.45) is 0 Å². The number of nitrogens with one attached hydrogen (secondary N) is 1. The number of carbonyl (C=O) groups excluding carboxylic acids is 2. The first-order valence-corrected chi connectivity index (χ1v) is 15.3. The SMILES string of the molecule is CCCCNC(=O)[C@H](C)N(Cc1ccc(C)cc1)C(=O)CN(c1ccc(F)cc1)S(=O)(=O)c1ccc2c(c1)OCCO2. The number of rotatable bonds is 12. The molecule has 2 amide bonds. The number of aryl methyl sites for hydroxylation is 1. The molecular formula is C31H36FN3O6S. The number of hydrogen-bond donors (Lipinski definition) is 1. The van der Waals surface area contributed by atoms with E-state index in [0.29, 0.717) is 18.9 Å². The van der Waals surface area contributed by atoms with E-state index in [0.717, 1.165) is 40.4 Å². The van der Waals surface area contributed by atoms with E-state index >= 15 is 0 Å². The van der Waals surface area contributed by atoms with Crippen molar-refractivity contribution in [1.29, 1.82) is 0 Å². The number of halogens is 1. The van der Waals surface area contributed by atoms with Crippen LogP contribution in [0.2, 0.25) is 0 Å². The molecule has 0 saturated heterocycles. The maximum Gasteiger partial charge on any atom is 0.264 e. The Bertz CT molecular complexity index is 1500. The molecule has 9 nitrogen and oxygen atoms in total. The van der Waals surface area contributed by atoms with Crippen LogP contribution in [0.15, 0.2) is 71.6 Å². The normalized spacial score (nSPS) is 13.2. The Labute approximate surface area is 246 Å². The minimum absolute atomic E-state index is 0.0861. The quantitative estimate of drug-likeness (QED) is 0.310. The Hall–Kier alpha value is -4.12.